The number of rotatable bonds is 2. The van der Waals surface area contributed by atoms with E-state index in [1.54, 1.807) is 12.1 Å². The third-order valence-corrected chi connectivity index (χ3v) is 2.46. The fourth-order valence-corrected chi connectivity index (χ4v) is 1.52. The van der Waals surface area contributed by atoms with E-state index in [-0.39, 0.29) is 5.69 Å². The standard InChI is InChI=1S/C12H9ClFN3O/c13-7-1-3-10(9(15)5-7)17-12(18)11-4-2-8(14)6-16-11/h1-6H,15H2,(H,17,18). The lowest BCUT2D eigenvalue weighted by atomic mass is 10.2. The summed E-state index contributed by atoms with van der Waals surface area (Å²) in [6.07, 6.45) is 0.972. The lowest BCUT2D eigenvalue weighted by molar-refractivity contribution is 0.102. The van der Waals surface area contributed by atoms with Crippen molar-refractivity contribution in [2.45, 2.75) is 0 Å². The minimum Gasteiger partial charge on any atom is -0.397 e. The van der Waals surface area contributed by atoms with Gasteiger partial charge in [0.1, 0.15) is 11.5 Å². The number of anilines is 2. The van der Waals surface area contributed by atoms with Gasteiger partial charge in [-0.25, -0.2) is 9.37 Å². The van der Waals surface area contributed by atoms with E-state index >= 15 is 0 Å². The van der Waals surface area contributed by atoms with E-state index in [0.29, 0.717) is 16.4 Å². The number of nitrogens with two attached hydrogens (primary N) is 1. The van der Waals surface area contributed by atoms with E-state index in [9.17, 15) is 9.18 Å². The van der Waals surface area contributed by atoms with Crippen LogP contribution in [0.5, 0.6) is 0 Å². The van der Waals surface area contributed by atoms with Gasteiger partial charge in [-0.05, 0) is 30.3 Å². The largest absolute Gasteiger partial charge is 0.397 e. The fourth-order valence-electron chi connectivity index (χ4n) is 1.34. The number of nitrogens with one attached hydrogen (secondary N) is 1. The van der Waals surface area contributed by atoms with Gasteiger partial charge in [0.2, 0.25) is 0 Å². The minimum atomic E-state index is -0.502. The van der Waals surface area contributed by atoms with Gasteiger partial charge in [0, 0.05) is 5.02 Å². The predicted molar refractivity (Wildman–Crippen MR) is 68.0 cm³/mol. The molecule has 1 aromatic carbocycles. The number of carbonyl (C=O) groups is 1. The molecule has 0 aliphatic carbocycles. The SMILES string of the molecule is Nc1cc(Cl)ccc1NC(=O)c1ccc(F)cn1. The predicted octanol–water partition coefficient (Wildman–Crippen LogP) is 2.71. The van der Waals surface area contributed by atoms with Crippen LogP contribution in [0.25, 0.3) is 0 Å². The molecule has 92 valence electrons. The van der Waals surface area contributed by atoms with E-state index in [2.05, 4.69) is 10.3 Å². The fraction of sp³-hybridized carbons (Fsp3) is 0. The quantitative estimate of drug-likeness (QED) is 0.821. The van der Waals surface area contributed by atoms with Crippen molar-refractivity contribution < 1.29 is 9.18 Å². The van der Waals surface area contributed by atoms with E-state index < -0.39 is 11.7 Å². The molecule has 0 fully saturated rings. The first-order valence-corrected chi connectivity index (χ1v) is 5.42. The number of hydrogen-bond acceptors (Lipinski definition) is 3. The van der Waals surface area contributed by atoms with Crippen LogP contribution in [-0.4, -0.2) is 10.9 Å². The summed E-state index contributed by atoms with van der Waals surface area (Å²) in [5, 5.41) is 3.04. The summed E-state index contributed by atoms with van der Waals surface area (Å²) < 4.78 is 12.7. The first kappa shape index (κ1) is 12.3. The van der Waals surface area contributed by atoms with Crippen molar-refractivity contribution in [3.05, 3.63) is 53.1 Å². The Kier molecular flexibility index (Phi) is 3.43. The van der Waals surface area contributed by atoms with Crippen LogP contribution in [0.2, 0.25) is 5.02 Å². The Bertz CT molecular complexity index is 586. The maximum absolute atomic E-state index is 12.7. The molecule has 0 spiro atoms. The van der Waals surface area contributed by atoms with Gasteiger partial charge < -0.3 is 11.1 Å². The molecule has 2 rings (SSSR count). The smallest absolute Gasteiger partial charge is 0.274 e. The van der Waals surface area contributed by atoms with Crippen LogP contribution in [0.1, 0.15) is 10.5 Å². The second-order valence-corrected chi connectivity index (χ2v) is 3.98. The molecule has 0 atom stereocenters. The summed E-state index contributed by atoms with van der Waals surface area (Å²) in [5.41, 5.74) is 6.57. The van der Waals surface area contributed by atoms with Crippen molar-refractivity contribution in [1.29, 1.82) is 0 Å². The second kappa shape index (κ2) is 5.01. The molecule has 1 amide bonds. The lowest BCUT2D eigenvalue weighted by Gasteiger charge is -2.07. The Morgan fingerprint density at radius 2 is 2.11 bits per heavy atom. The Balaban J connectivity index is 2.18. The van der Waals surface area contributed by atoms with Crippen molar-refractivity contribution in [3.8, 4) is 0 Å². The maximum Gasteiger partial charge on any atom is 0.274 e. The number of nitrogens with zero attached hydrogens (tertiary/aromatic N) is 1. The van der Waals surface area contributed by atoms with Crippen LogP contribution < -0.4 is 11.1 Å². The zero-order valence-corrected chi connectivity index (χ0v) is 9.91. The molecule has 0 radical (unpaired) electrons. The summed E-state index contributed by atoms with van der Waals surface area (Å²) in [7, 11) is 0. The van der Waals surface area contributed by atoms with Crippen LogP contribution in [-0.2, 0) is 0 Å². The number of pyridine rings is 1. The molecule has 0 aliphatic heterocycles. The van der Waals surface area contributed by atoms with Gasteiger partial charge in [-0.3, -0.25) is 4.79 Å². The monoisotopic (exact) mass is 265 g/mol. The van der Waals surface area contributed by atoms with Gasteiger partial charge in [0.25, 0.3) is 5.91 Å². The van der Waals surface area contributed by atoms with Crippen LogP contribution >= 0.6 is 11.6 Å². The van der Waals surface area contributed by atoms with E-state index in [1.807, 2.05) is 0 Å². The van der Waals surface area contributed by atoms with Crippen molar-refractivity contribution >= 4 is 28.9 Å². The Morgan fingerprint density at radius 3 is 2.72 bits per heavy atom. The number of amides is 1. The normalized spacial score (nSPS) is 10.1. The summed E-state index contributed by atoms with van der Waals surface area (Å²) in [6, 6.07) is 7.16. The summed E-state index contributed by atoms with van der Waals surface area (Å²) in [4.78, 5) is 15.4. The molecule has 0 saturated carbocycles. The lowest BCUT2D eigenvalue weighted by Crippen LogP contribution is -2.14. The zero-order valence-electron chi connectivity index (χ0n) is 9.15. The molecule has 18 heavy (non-hydrogen) atoms. The van der Waals surface area contributed by atoms with Crippen molar-refractivity contribution in [1.82, 2.24) is 4.98 Å². The highest BCUT2D eigenvalue weighted by molar-refractivity contribution is 6.31. The summed E-state index contributed by atoms with van der Waals surface area (Å²) in [6.45, 7) is 0. The zero-order chi connectivity index (χ0) is 13.1. The molecule has 0 unspecified atom stereocenters. The van der Waals surface area contributed by atoms with Gasteiger partial charge in [-0.2, -0.15) is 0 Å². The molecule has 0 bridgehead atoms. The molecule has 0 aliphatic rings. The van der Waals surface area contributed by atoms with Gasteiger partial charge >= 0.3 is 0 Å². The molecule has 1 heterocycles. The van der Waals surface area contributed by atoms with E-state index in [4.69, 9.17) is 17.3 Å². The van der Waals surface area contributed by atoms with Crippen molar-refractivity contribution in [2.24, 2.45) is 0 Å². The van der Waals surface area contributed by atoms with Crippen molar-refractivity contribution in [2.75, 3.05) is 11.1 Å². The average molecular weight is 266 g/mol. The Labute approximate surface area is 108 Å². The topological polar surface area (TPSA) is 68.0 Å². The molecule has 0 saturated heterocycles. The third kappa shape index (κ3) is 2.75. The molecule has 1 aromatic heterocycles. The second-order valence-electron chi connectivity index (χ2n) is 3.55. The van der Waals surface area contributed by atoms with Gasteiger partial charge in [0.15, 0.2) is 0 Å². The number of hydrogen-bond donors (Lipinski definition) is 2. The summed E-state index contributed by atoms with van der Waals surface area (Å²) >= 11 is 5.74. The van der Waals surface area contributed by atoms with Crippen LogP contribution in [0.15, 0.2) is 36.5 Å². The molecule has 3 N–H and O–H groups in total. The number of nitrogen functional groups attached to an aromatic ring is 1. The Morgan fingerprint density at radius 1 is 1.33 bits per heavy atom. The number of aromatic nitrogens is 1. The summed E-state index contributed by atoms with van der Waals surface area (Å²) in [5.74, 6) is -0.971. The van der Waals surface area contributed by atoms with Gasteiger partial charge in [-0.1, -0.05) is 11.6 Å². The molecule has 2 aromatic rings. The highest BCUT2D eigenvalue weighted by Crippen LogP contribution is 2.22. The highest BCUT2D eigenvalue weighted by Gasteiger charge is 2.09. The first-order valence-electron chi connectivity index (χ1n) is 5.04. The number of carbonyl (C=O) groups excluding carboxylic acids is 1. The molecule has 4 nitrogen and oxygen atoms in total. The molecular formula is C12H9ClFN3O. The highest BCUT2D eigenvalue weighted by atomic mass is 35.5. The number of benzene rings is 1. The van der Waals surface area contributed by atoms with Gasteiger partial charge in [-0.15, -0.1) is 0 Å². The maximum atomic E-state index is 12.7. The van der Waals surface area contributed by atoms with E-state index in [1.165, 1.54) is 12.1 Å². The minimum absolute atomic E-state index is 0.103. The van der Waals surface area contributed by atoms with Crippen LogP contribution in [0, 0.1) is 5.82 Å². The van der Waals surface area contributed by atoms with Gasteiger partial charge in [0.05, 0.1) is 17.6 Å². The number of halogens is 2. The van der Waals surface area contributed by atoms with E-state index in [0.717, 1.165) is 12.3 Å². The van der Waals surface area contributed by atoms with Crippen molar-refractivity contribution in [3.63, 3.8) is 0 Å². The van der Waals surface area contributed by atoms with Crippen LogP contribution in [0.4, 0.5) is 15.8 Å². The first-order chi connectivity index (χ1) is 8.56. The van der Waals surface area contributed by atoms with Crippen LogP contribution in [0.3, 0.4) is 0 Å². The molecular weight excluding hydrogens is 257 g/mol. The Hall–Kier alpha value is -2.14. The third-order valence-electron chi connectivity index (χ3n) is 2.22. The average Bonchev–Trinajstić information content (AvgIpc) is 2.33. The molecule has 6 heteroatoms.